The molecule has 2 atom stereocenters. The summed E-state index contributed by atoms with van der Waals surface area (Å²) in [6, 6.07) is 13.5. The number of carbonyl (C=O) groups is 3. The van der Waals surface area contributed by atoms with Gasteiger partial charge in [-0.15, -0.1) is 0 Å². The topological polar surface area (TPSA) is 93.7 Å². The maximum absolute atomic E-state index is 12.5. The zero-order valence-electron chi connectivity index (χ0n) is 18.0. The van der Waals surface area contributed by atoms with Crippen LogP contribution in [0.1, 0.15) is 35.7 Å². The van der Waals surface area contributed by atoms with E-state index < -0.39 is 17.4 Å². The van der Waals surface area contributed by atoms with E-state index in [-0.39, 0.29) is 11.9 Å². The molecule has 1 saturated carbocycles. The number of hydrogen-bond acceptors (Lipinski definition) is 5. The molecule has 0 bridgehead atoms. The molecule has 166 valence electrons. The molecule has 0 aromatic heterocycles. The fourth-order valence-electron chi connectivity index (χ4n) is 4.53. The Balaban J connectivity index is 1.35. The second-order valence-corrected chi connectivity index (χ2v) is 8.33. The first-order chi connectivity index (χ1) is 15.4. The zero-order valence-corrected chi connectivity index (χ0v) is 18.0. The summed E-state index contributed by atoms with van der Waals surface area (Å²) in [6.45, 7) is 6.60. The summed E-state index contributed by atoms with van der Waals surface area (Å²) in [4.78, 5) is 36.5. The van der Waals surface area contributed by atoms with Gasteiger partial charge in [0.1, 0.15) is 0 Å². The molecule has 1 aliphatic heterocycles. The highest BCUT2D eigenvalue weighted by atomic mass is 16.5. The van der Waals surface area contributed by atoms with Crippen LogP contribution in [-0.2, 0) is 20.7 Å². The molecule has 0 spiro atoms. The first-order valence-electron chi connectivity index (χ1n) is 10.7. The number of benzene rings is 2. The molecule has 2 aromatic rings. The third kappa shape index (κ3) is 4.37. The number of amides is 2. The quantitative estimate of drug-likeness (QED) is 0.514. The normalized spacial score (nSPS) is 21.6. The Morgan fingerprint density at radius 2 is 1.72 bits per heavy atom. The SMILES string of the molecule is C=C1CC2COC(=O)C2(Cc2ccc(NC(=O)Nc3ccc(C(=O)OCC)cc3)cc2)C1. The lowest BCUT2D eigenvalue weighted by Gasteiger charge is -2.24. The van der Waals surface area contributed by atoms with E-state index in [2.05, 4.69) is 17.2 Å². The minimum absolute atomic E-state index is 0.128. The van der Waals surface area contributed by atoms with E-state index in [4.69, 9.17) is 9.47 Å². The van der Waals surface area contributed by atoms with Gasteiger partial charge in [-0.1, -0.05) is 24.3 Å². The van der Waals surface area contributed by atoms with Crippen LogP contribution in [0, 0.1) is 11.3 Å². The first-order valence-corrected chi connectivity index (χ1v) is 10.7. The lowest BCUT2D eigenvalue weighted by atomic mass is 9.75. The van der Waals surface area contributed by atoms with Gasteiger partial charge in [0.05, 0.1) is 24.2 Å². The Morgan fingerprint density at radius 1 is 1.09 bits per heavy atom. The van der Waals surface area contributed by atoms with Crippen LogP contribution in [0.15, 0.2) is 60.7 Å². The molecular formula is C25H26N2O5. The fourth-order valence-corrected chi connectivity index (χ4v) is 4.53. The van der Waals surface area contributed by atoms with Crippen molar-refractivity contribution >= 4 is 29.3 Å². The molecule has 2 fully saturated rings. The zero-order chi connectivity index (χ0) is 22.7. The fraction of sp³-hybridized carbons (Fsp3) is 0.320. The van der Waals surface area contributed by atoms with Crippen LogP contribution >= 0.6 is 0 Å². The number of rotatable bonds is 6. The van der Waals surface area contributed by atoms with Crippen LogP contribution in [-0.4, -0.2) is 31.2 Å². The van der Waals surface area contributed by atoms with Crippen molar-refractivity contribution in [1.29, 1.82) is 0 Å². The van der Waals surface area contributed by atoms with Crippen LogP contribution in [0.2, 0.25) is 0 Å². The molecule has 2 unspecified atom stereocenters. The third-order valence-corrected chi connectivity index (χ3v) is 6.09. The summed E-state index contributed by atoms with van der Waals surface area (Å²) in [5.41, 5.74) is 3.24. The van der Waals surface area contributed by atoms with Crippen LogP contribution in [0.25, 0.3) is 0 Å². The molecule has 0 radical (unpaired) electrons. The summed E-state index contributed by atoms with van der Waals surface area (Å²) in [5, 5.41) is 5.51. The van der Waals surface area contributed by atoms with Crippen molar-refractivity contribution in [3.63, 3.8) is 0 Å². The Hall–Kier alpha value is -3.61. The Kier molecular flexibility index (Phi) is 5.99. The highest BCUT2D eigenvalue weighted by molar-refractivity contribution is 6.00. The van der Waals surface area contributed by atoms with E-state index in [0.29, 0.717) is 43.0 Å². The average Bonchev–Trinajstić information content (AvgIpc) is 3.24. The maximum atomic E-state index is 12.5. The molecule has 7 nitrogen and oxygen atoms in total. The van der Waals surface area contributed by atoms with E-state index in [1.807, 2.05) is 24.3 Å². The van der Waals surface area contributed by atoms with Gasteiger partial charge in [-0.3, -0.25) is 4.79 Å². The van der Waals surface area contributed by atoms with Crippen LogP contribution in [0.5, 0.6) is 0 Å². The predicted octanol–water partition coefficient (Wildman–Crippen LogP) is 4.56. The number of cyclic esters (lactones) is 1. The van der Waals surface area contributed by atoms with Gasteiger partial charge < -0.3 is 20.1 Å². The lowest BCUT2D eigenvalue weighted by Crippen LogP contribution is -2.31. The minimum Gasteiger partial charge on any atom is -0.465 e. The Morgan fingerprint density at radius 3 is 2.34 bits per heavy atom. The Bertz CT molecular complexity index is 1050. The lowest BCUT2D eigenvalue weighted by molar-refractivity contribution is -0.146. The molecule has 1 heterocycles. The molecular weight excluding hydrogens is 408 g/mol. The van der Waals surface area contributed by atoms with E-state index in [1.54, 1.807) is 31.2 Å². The second kappa shape index (κ2) is 8.86. The first kappa shape index (κ1) is 21.6. The highest BCUT2D eigenvalue weighted by Gasteiger charge is 2.55. The van der Waals surface area contributed by atoms with E-state index in [9.17, 15) is 14.4 Å². The summed E-state index contributed by atoms with van der Waals surface area (Å²) < 4.78 is 10.3. The molecule has 32 heavy (non-hydrogen) atoms. The molecule has 2 N–H and O–H groups in total. The van der Waals surface area contributed by atoms with Gasteiger partial charge in [-0.05, 0) is 68.1 Å². The number of allylic oxidation sites excluding steroid dienone is 1. The predicted molar refractivity (Wildman–Crippen MR) is 120 cm³/mol. The number of esters is 2. The van der Waals surface area contributed by atoms with Crippen LogP contribution in [0.4, 0.5) is 16.2 Å². The van der Waals surface area contributed by atoms with E-state index in [1.165, 1.54) is 0 Å². The van der Waals surface area contributed by atoms with E-state index in [0.717, 1.165) is 17.6 Å². The van der Waals surface area contributed by atoms with Crippen molar-refractivity contribution < 1.29 is 23.9 Å². The smallest absolute Gasteiger partial charge is 0.338 e. The molecule has 2 aromatic carbocycles. The number of fused-ring (bicyclic) bond motifs is 1. The molecule has 2 aliphatic rings. The molecule has 7 heteroatoms. The molecule has 4 rings (SSSR count). The number of ether oxygens (including phenoxy) is 2. The van der Waals surface area contributed by atoms with Crippen LogP contribution in [0.3, 0.4) is 0 Å². The van der Waals surface area contributed by atoms with Crippen molar-refractivity contribution in [3.8, 4) is 0 Å². The number of carbonyl (C=O) groups excluding carboxylic acids is 3. The second-order valence-electron chi connectivity index (χ2n) is 8.33. The van der Waals surface area contributed by atoms with Crippen LogP contribution < -0.4 is 10.6 Å². The largest absolute Gasteiger partial charge is 0.465 e. The van der Waals surface area contributed by atoms with Gasteiger partial charge in [0, 0.05) is 17.3 Å². The third-order valence-electron chi connectivity index (χ3n) is 6.09. The van der Waals surface area contributed by atoms with Gasteiger partial charge in [-0.2, -0.15) is 0 Å². The number of urea groups is 1. The molecule has 1 saturated heterocycles. The monoisotopic (exact) mass is 434 g/mol. The van der Waals surface area contributed by atoms with Gasteiger partial charge in [0.15, 0.2) is 0 Å². The van der Waals surface area contributed by atoms with Gasteiger partial charge in [0.2, 0.25) is 0 Å². The number of hydrogen-bond donors (Lipinski definition) is 2. The van der Waals surface area contributed by atoms with Crippen molar-refractivity contribution in [2.75, 3.05) is 23.8 Å². The molecule has 2 amide bonds. The van der Waals surface area contributed by atoms with E-state index >= 15 is 0 Å². The summed E-state index contributed by atoms with van der Waals surface area (Å²) in [5.74, 6) is -0.333. The van der Waals surface area contributed by atoms with Crippen molar-refractivity contribution in [3.05, 3.63) is 71.8 Å². The summed E-state index contributed by atoms with van der Waals surface area (Å²) in [6.07, 6.45) is 2.12. The maximum Gasteiger partial charge on any atom is 0.338 e. The Labute approximate surface area is 186 Å². The standard InChI is InChI=1S/C25H26N2O5/c1-3-31-22(28)18-6-10-21(11-7-18)27-24(30)26-20-8-4-17(5-9-20)14-25-13-16(2)12-19(25)15-32-23(25)29/h4-11,19H,2-3,12-15H2,1H3,(H2,26,27,30). The summed E-state index contributed by atoms with van der Waals surface area (Å²) in [7, 11) is 0. The number of nitrogens with one attached hydrogen (secondary N) is 2. The van der Waals surface area contributed by atoms with Crippen molar-refractivity contribution in [1.82, 2.24) is 0 Å². The van der Waals surface area contributed by atoms with Gasteiger partial charge in [-0.25, -0.2) is 9.59 Å². The van der Waals surface area contributed by atoms with Crippen molar-refractivity contribution in [2.24, 2.45) is 11.3 Å². The van der Waals surface area contributed by atoms with Gasteiger partial charge in [0.25, 0.3) is 0 Å². The summed E-state index contributed by atoms with van der Waals surface area (Å²) >= 11 is 0. The highest BCUT2D eigenvalue weighted by Crippen LogP contribution is 2.52. The minimum atomic E-state index is -0.501. The number of anilines is 2. The van der Waals surface area contributed by atoms with Gasteiger partial charge >= 0.3 is 18.0 Å². The van der Waals surface area contributed by atoms with Crippen molar-refractivity contribution in [2.45, 2.75) is 26.2 Å². The average molecular weight is 434 g/mol. The molecule has 1 aliphatic carbocycles.